The average Bonchev–Trinajstić information content (AvgIpc) is 2.00. The summed E-state index contributed by atoms with van der Waals surface area (Å²) in [5.41, 5.74) is 6.15. The molecule has 0 rings (SSSR count). The third kappa shape index (κ3) is 4.63. The van der Waals surface area contributed by atoms with Gasteiger partial charge in [-0.1, -0.05) is 34.6 Å². The Morgan fingerprint density at radius 1 is 0.923 bits per heavy atom. The Bertz CT molecular complexity index is 132. The van der Waals surface area contributed by atoms with Crippen molar-refractivity contribution < 1.29 is 0 Å². The predicted molar refractivity (Wildman–Crippen MR) is 59.7 cm³/mol. The molecule has 0 fully saturated rings. The van der Waals surface area contributed by atoms with Crippen LogP contribution in [0, 0.1) is 11.8 Å². The van der Waals surface area contributed by atoms with E-state index >= 15 is 0 Å². The minimum Gasteiger partial charge on any atom is -0.326 e. The number of nitrogens with two attached hydrogens (primary N) is 1. The normalized spacial score (nSPS) is 19.2. The van der Waals surface area contributed by atoms with Crippen LogP contribution < -0.4 is 11.1 Å². The van der Waals surface area contributed by atoms with Crippen LogP contribution in [0.5, 0.6) is 0 Å². The highest BCUT2D eigenvalue weighted by atomic mass is 15.0. The molecule has 0 amide bonds. The van der Waals surface area contributed by atoms with Gasteiger partial charge < -0.3 is 11.1 Å². The molecule has 0 saturated heterocycles. The molecule has 0 aliphatic heterocycles. The van der Waals surface area contributed by atoms with Gasteiger partial charge in [-0.15, -0.1) is 0 Å². The summed E-state index contributed by atoms with van der Waals surface area (Å²) in [4.78, 5) is 0. The Morgan fingerprint density at radius 3 is 1.69 bits per heavy atom. The molecule has 0 aromatic heterocycles. The second-order valence-corrected chi connectivity index (χ2v) is 4.79. The molecule has 13 heavy (non-hydrogen) atoms. The summed E-state index contributed by atoms with van der Waals surface area (Å²) < 4.78 is 0. The number of hydrogen-bond acceptors (Lipinski definition) is 2. The van der Waals surface area contributed by atoms with Gasteiger partial charge >= 0.3 is 0 Å². The molecule has 0 aromatic carbocycles. The van der Waals surface area contributed by atoms with Crippen LogP contribution in [0.15, 0.2) is 0 Å². The highest BCUT2D eigenvalue weighted by Crippen LogP contribution is 2.15. The Kier molecular flexibility index (Phi) is 5.57. The van der Waals surface area contributed by atoms with Gasteiger partial charge in [-0.2, -0.15) is 0 Å². The zero-order valence-electron chi connectivity index (χ0n) is 9.96. The van der Waals surface area contributed by atoms with Crippen molar-refractivity contribution in [2.24, 2.45) is 17.6 Å². The van der Waals surface area contributed by atoms with E-state index < -0.39 is 0 Å². The van der Waals surface area contributed by atoms with E-state index in [1.54, 1.807) is 0 Å². The lowest BCUT2D eigenvalue weighted by Gasteiger charge is -2.30. The molecule has 0 aliphatic rings. The van der Waals surface area contributed by atoms with Crippen LogP contribution in [0.4, 0.5) is 0 Å². The molecular formula is C11H26N2. The fourth-order valence-corrected chi connectivity index (χ4v) is 1.54. The maximum absolute atomic E-state index is 6.15. The van der Waals surface area contributed by atoms with Crippen LogP contribution in [-0.4, -0.2) is 18.1 Å². The fraction of sp³-hybridized carbons (Fsp3) is 1.00. The van der Waals surface area contributed by atoms with Gasteiger partial charge in [0, 0.05) is 18.1 Å². The second kappa shape index (κ2) is 5.61. The molecule has 2 unspecified atom stereocenters. The van der Waals surface area contributed by atoms with Gasteiger partial charge in [0.05, 0.1) is 0 Å². The summed E-state index contributed by atoms with van der Waals surface area (Å²) in [5, 5.41) is 3.45. The molecule has 2 nitrogen and oxygen atoms in total. The molecular weight excluding hydrogens is 160 g/mol. The molecule has 0 radical (unpaired) electrons. The maximum atomic E-state index is 6.15. The molecule has 3 N–H and O–H groups in total. The zero-order chi connectivity index (χ0) is 10.6. The van der Waals surface area contributed by atoms with Crippen molar-refractivity contribution in [1.29, 1.82) is 0 Å². The van der Waals surface area contributed by atoms with Crippen molar-refractivity contribution >= 4 is 0 Å². The van der Waals surface area contributed by atoms with E-state index in [2.05, 4.69) is 46.9 Å². The van der Waals surface area contributed by atoms with Crippen molar-refractivity contribution in [1.82, 2.24) is 5.32 Å². The van der Waals surface area contributed by atoms with E-state index in [1.165, 1.54) is 0 Å². The highest BCUT2D eigenvalue weighted by molar-refractivity contribution is 4.82. The van der Waals surface area contributed by atoms with Crippen LogP contribution in [0.3, 0.4) is 0 Å². The molecule has 0 saturated carbocycles. The Balaban J connectivity index is 4.01. The van der Waals surface area contributed by atoms with E-state index in [4.69, 9.17) is 5.73 Å². The number of hydrogen-bond donors (Lipinski definition) is 2. The topological polar surface area (TPSA) is 38.0 Å². The Labute approximate surface area is 83.3 Å². The predicted octanol–water partition coefficient (Wildman–Crippen LogP) is 1.99. The molecule has 0 aromatic rings. The minimum atomic E-state index is 0.252. The maximum Gasteiger partial charge on any atom is 0.0220 e. The van der Waals surface area contributed by atoms with E-state index in [0.717, 1.165) is 0 Å². The lowest BCUT2D eigenvalue weighted by atomic mass is 9.87. The minimum absolute atomic E-state index is 0.252. The van der Waals surface area contributed by atoms with Crippen LogP contribution >= 0.6 is 0 Å². The molecule has 0 heterocycles. The van der Waals surface area contributed by atoms with Crippen molar-refractivity contribution in [3.63, 3.8) is 0 Å². The lowest BCUT2D eigenvalue weighted by molar-refractivity contribution is 0.283. The fourth-order valence-electron chi connectivity index (χ4n) is 1.54. The van der Waals surface area contributed by atoms with Gasteiger partial charge in [-0.3, -0.25) is 0 Å². The van der Waals surface area contributed by atoms with Gasteiger partial charge in [-0.25, -0.2) is 0 Å². The van der Waals surface area contributed by atoms with Crippen molar-refractivity contribution in [2.75, 3.05) is 0 Å². The first kappa shape index (κ1) is 12.9. The van der Waals surface area contributed by atoms with Gasteiger partial charge in [-0.05, 0) is 18.8 Å². The number of rotatable bonds is 5. The largest absolute Gasteiger partial charge is 0.326 e. The van der Waals surface area contributed by atoms with Crippen LogP contribution in [0.25, 0.3) is 0 Å². The second-order valence-electron chi connectivity index (χ2n) is 4.79. The SMILES string of the molecule is CC(C)N[C@@H](C)C(N)C(C)C(C)C. The number of nitrogens with one attached hydrogen (secondary N) is 1. The van der Waals surface area contributed by atoms with E-state index in [-0.39, 0.29) is 6.04 Å². The van der Waals surface area contributed by atoms with Crippen LogP contribution in [0.2, 0.25) is 0 Å². The smallest absolute Gasteiger partial charge is 0.0220 e. The van der Waals surface area contributed by atoms with Gasteiger partial charge in [0.25, 0.3) is 0 Å². The van der Waals surface area contributed by atoms with Gasteiger partial charge in [0.2, 0.25) is 0 Å². The van der Waals surface area contributed by atoms with Crippen molar-refractivity contribution in [3.05, 3.63) is 0 Å². The van der Waals surface area contributed by atoms with Gasteiger partial charge in [0.15, 0.2) is 0 Å². The Morgan fingerprint density at radius 2 is 1.38 bits per heavy atom. The third-order valence-electron chi connectivity index (χ3n) is 2.83. The average molecular weight is 186 g/mol. The Hall–Kier alpha value is -0.0800. The first-order valence-electron chi connectivity index (χ1n) is 5.37. The molecule has 2 heteroatoms. The summed E-state index contributed by atoms with van der Waals surface area (Å²) in [7, 11) is 0. The first-order valence-corrected chi connectivity index (χ1v) is 5.37. The van der Waals surface area contributed by atoms with E-state index in [1.807, 2.05) is 0 Å². The zero-order valence-corrected chi connectivity index (χ0v) is 9.96. The van der Waals surface area contributed by atoms with Crippen LogP contribution in [-0.2, 0) is 0 Å². The quantitative estimate of drug-likeness (QED) is 0.689. The summed E-state index contributed by atoms with van der Waals surface area (Å²) >= 11 is 0. The summed E-state index contributed by atoms with van der Waals surface area (Å²) in [6, 6.07) is 1.17. The lowest BCUT2D eigenvalue weighted by Crippen LogP contribution is -2.50. The molecule has 0 aliphatic carbocycles. The summed E-state index contributed by atoms with van der Waals surface area (Å²) in [6.07, 6.45) is 0. The third-order valence-corrected chi connectivity index (χ3v) is 2.83. The molecule has 0 spiro atoms. The first-order chi connectivity index (χ1) is 5.86. The van der Waals surface area contributed by atoms with Crippen molar-refractivity contribution in [2.45, 2.75) is 59.7 Å². The van der Waals surface area contributed by atoms with Crippen molar-refractivity contribution in [3.8, 4) is 0 Å². The van der Waals surface area contributed by atoms with E-state index in [9.17, 15) is 0 Å². The molecule has 0 bridgehead atoms. The van der Waals surface area contributed by atoms with Crippen LogP contribution in [0.1, 0.15) is 41.5 Å². The summed E-state index contributed by atoms with van der Waals surface area (Å²) in [5.74, 6) is 1.23. The standard InChI is InChI=1S/C11H26N2/c1-7(2)9(5)11(12)10(6)13-8(3)4/h7-11,13H,12H2,1-6H3/t9?,10-,11?/m0/s1. The van der Waals surface area contributed by atoms with E-state index in [0.29, 0.717) is 23.9 Å². The monoisotopic (exact) mass is 186 g/mol. The highest BCUT2D eigenvalue weighted by Gasteiger charge is 2.21. The molecule has 3 atom stereocenters. The molecule has 80 valence electrons. The summed E-state index contributed by atoms with van der Waals surface area (Å²) in [6.45, 7) is 13.2. The van der Waals surface area contributed by atoms with Gasteiger partial charge in [0.1, 0.15) is 0 Å².